The number of piperidine rings is 1. The molecule has 2 aromatic heterocycles. The number of alkyl halides is 1. The lowest BCUT2D eigenvalue weighted by molar-refractivity contribution is -0.137. The maximum atomic E-state index is 13.9. The summed E-state index contributed by atoms with van der Waals surface area (Å²) >= 11 is 18.9. The Morgan fingerprint density at radius 2 is 1.19 bits per heavy atom. The number of urea groups is 2. The number of amidine groups is 2. The molecule has 0 spiro atoms. The van der Waals surface area contributed by atoms with Crippen LogP contribution in [-0.4, -0.2) is 184 Å². The smallest absolute Gasteiger partial charge is 0.338 e. The van der Waals surface area contributed by atoms with Gasteiger partial charge in [-0.1, -0.05) is 86.4 Å². The van der Waals surface area contributed by atoms with E-state index in [0.29, 0.717) is 106 Å². The number of hydrogen-bond acceptors (Lipinski definition) is 17. The molecule has 4 N–H and O–H groups in total. The number of allylic oxidation sites excluding steroid dienone is 1. The molecule has 19 nitrogen and oxygen atoms in total. The number of aliphatic imine (C=N–C) groups is 2. The summed E-state index contributed by atoms with van der Waals surface area (Å²) in [6, 6.07) is 7.27. The van der Waals surface area contributed by atoms with Crippen molar-refractivity contribution in [3.05, 3.63) is 125 Å². The van der Waals surface area contributed by atoms with Gasteiger partial charge in [-0.05, 0) is 80.0 Å². The van der Waals surface area contributed by atoms with Gasteiger partial charge in [0.25, 0.3) is 0 Å². The molecule has 10 rings (SSSR count). The minimum absolute atomic E-state index is 0. The zero-order valence-electron chi connectivity index (χ0n) is 48.6. The molecule has 8 heterocycles. The van der Waals surface area contributed by atoms with Crippen LogP contribution in [0.25, 0.3) is 0 Å². The molecule has 4 saturated heterocycles. The summed E-state index contributed by atoms with van der Waals surface area (Å²) in [5, 5.41) is 30.9. The number of carbonyl (C=O) groups excluding carboxylic acids is 4. The molecular weight excluding hydrogens is 1260 g/mol. The number of methoxy groups -OCH3 is 2. The van der Waals surface area contributed by atoms with Crippen molar-refractivity contribution < 1.29 is 47.6 Å². The highest BCUT2D eigenvalue weighted by molar-refractivity contribution is 9.09. The van der Waals surface area contributed by atoms with Gasteiger partial charge in [0.15, 0.2) is 21.7 Å². The lowest BCUT2D eigenvalue weighted by Crippen LogP contribution is -2.53. The second-order valence-electron chi connectivity index (χ2n) is 23.2. The Bertz CT molecular complexity index is 3150. The highest BCUT2D eigenvalue weighted by Gasteiger charge is 2.43. The van der Waals surface area contributed by atoms with Crippen LogP contribution >= 0.6 is 61.8 Å². The lowest BCUT2D eigenvalue weighted by atomic mass is 9.89. The molecule has 0 bridgehead atoms. The number of halogens is 5. The van der Waals surface area contributed by atoms with Gasteiger partial charge in [0.1, 0.15) is 23.7 Å². The third-order valence-corrected chi connectivity index (χ3v) is 18.6. The number of aromatic nitrogens is 2. The number of thiazole rings is 2. The number of ether oxygens (including phenoxy) is 2. The molecule has 2 unspecified atom stereocenters. The number of carbonyl (C=O) groups is 4. The first-order valence-corrected chi connectivity index (χ1v) is 31.9. The van der Waals surface area contributed by atoms with Crippen LogP contribution in [0.4, 0.5) is 18.4 Å². The molecule has 86 heavy (non-hydrogen) atoms. The summed E-state index contributed by atoms with van der Waals surface area (Å²) in [6.07, 6.45) is 10.6. The van der Waals surface area contributed by atoms with Gasteiger partial charge < -0.3 is 49.9 Å². The number of aliphatic hydroxyl groups excluding tert-OH is 2. The van der Waals surface area contributed by atoms with Crippen LogP contribution in [0.15, 0.2) is 92.1 Å². The first-order valence-electron chi connectivity index (χ1n) is 28.3. The number of piperazine rings is 1. The Labute approximate surface area is 528 Å². The van der Waals surface area contributed by atoms with E-state index >= 15 is 0 Å². The SMILES string of the molecule is C.CC(C)(CO)CCCN1CC2CCCCN2C1=O.COC(=O)C1=C(CBr)NC(c2nccs2)=N[C@H]1c1ccc(F)cc1Cl.COC(=O)C1=C(CN2CCN3C(=O)N(CCCC(C)(C)CO)CC3C2)NC(c2nccs2)=N[C@H]1c1ccc(F)cc1Cl. The van der Waals surface area contributed by atoms with Crippen LogP contribution < -0.4 is 10.6 Å². The lowest BCUT2D eigenvalue weighted by Gasteiger charge is -2.38. The molecule has 4 atom stereocenters. The molecule has 0 aliphatic carbocycles. The average Bonchev–Trinajstić information content (AvgIpc) is 1.18. The average molecular weight is 1330 g/mol. The molecule has 4 aromatic rings. The Morgan fingerprint density at radius 1 is 0.709 bits per heavy atom. The Morgan fingerprint density at radius 3 is 1.63 bits per heavy atom. The maximum absolute atomic E-state index is 13.9. The maximum Gasteiger partial charge on any atom is 0.338 e. The number of benzene rings is 2. The summed E-state index contributed by atoms with van der Waals surface area (Å²) in [5.74, 6) is -1.03. The largest absolute Gasteiger partial charge is 0.466 e. The minimum Gasteiger partial charge on any atom is -0.466 e. The number of amides is 4. The van der Waals surface area contributed by atoms with Crippen molar-refractivity contribution in [3.63, 3.8) is 0 Å². The van der Waals surface area contributed by atoms with E-state index in [1.807, 2.05) is 39.3 Å². The number of hydrogen-bond donors (Lipinski definition) is 4. The van der Waals surface area contributed by atoms with Crippen LogP contribution in [-0.2, 0) is 19.1 Å². The Balaban J connectivity index is 0.000000203. The summed E-state index contributed by atoms with van der Waals surface area (Å²) in [7, 11) is 2.61. The highest BCUT2D eigenvalue weighted by atomic mass is 79.9. The van der Waals surface area contributed by atoms with Crippen molar-refractivity contribution in [1.29, 1.82) is 0 Å². The van der Waals surface area contributed by atoms with E-state index in [4.69, 9.17) is 37.7 Å². The standard InChI is InChI=1S/C29H36ClFN6O4S.C16H12BrClFN3O2S.C14H26N2O2.CH4/c1-29(2,17-38)7-4-9-36-15-19-14-35(10-11-37(19)28(36)40)16-22-23(27(39)41-3)24(20-6-5-18(31)13-21(20)30)34-25(33-22)26-32-8-12-42-26;1-24-16(23)12-11(7-17)21-14(15-20-4-5-25-15)22-13(12)9-3-2-8(19)6-10(9)18;1-14(2,11-17)7-5-8-15-10-12-6-3-4-9-16(12)13(15)18;/h5-6,8,12-13,19,24,38H,4,7,9-11,14-17H2,1-3H3,(H,33,34);2-6,13H,7H2,1H3,(H,21,22);12,17H,3-11H2,1-2H3;1H4/t19?,24-;13-;;/m00../s1. The van der Waals surface area contributed by atoms with E-state index in [1.54, 1.807) is 12.4 Å². The fourth-order valence-electron chi connectivity index (χ4n) is 11.1. The summed E-state index contributed by atoms with van der Waals surface area (Å²) in [4.78, 5) is 79.0. The molecular formula is C60H78BrCl2F2N11O8S2. The van der Waals surface area contributed by atoms with Crippen molar-refractivity contribution >= 4 is 97.5 Å². The Kier molecular flexibility index (Phi) is 24.1. The van der Waals surface area contributed by atoms with Crippen molar-refractivity contribution in [2.75, 3.05) is 91.7 Å². The number of nitrogens with zero attached hydrogens (tertiary/aromatic N) is 9. The van der Waals surface area contributed by atoms with Gasteiger partial charge in [-0.25, -0.2) is 37.9 Å². The second-order valence-corrected chi connectivity index (χ2v) is 26.3. The molecule has 0 saturated carbocycles. The van der Waals surface area contributed by atoms with Gasteiger partial charge in [-0.15, -0.1) is 22.7 Å². The van der Waals surface area contributed by atoms with E-state index in [-0.39, 0.29) is 59.6 Å². The molecule has 6 aliphatic heterocycles. The number of rotatable bonds is 19. The highest BCUT2D eigenvalue weighted by Crippen LogP contribution is 2.39. The monoisotopic (exact) mass is 1330 g/mol. The van der Waals surface area contributed by atoms with Gasteiger partial charge in [0.2, 0.25) is 0 Å². The van der Waals surface area contributed by atoms with Crippen LogP contribution in [0.1, 0.15) is 113 Å². The van der Waals surface area contributed by atoms with Crippen molar-refractivity contribution in [2.45, 2.75) is 104 Å². The third kappa shape index (κ3) is 16.6. The van der Waals surface area contributed by atoms with Crippen LogP contribution in [0.5, 0.6) is 0 Å². The van der Waals surface area contributed by atoms with Crippen LogP contribution in [0.3, 0.4) is 0 Å². The third-order valence-electron chi connectivity index (χ3n) is 15.9. The van der Waals surface area contributed by atoms with E-state index in [9.17, 15) is 38.2 Å². The zero-order chi connectivity index (χ0) is 61.2. The predicted molar refractivity (Wildman–Crippen MR) is 336 cm³/mol. The summed E-state index contributed by atoms with van der Waals surface area (Å²) in [6.45, 7) is 14.7. The first kappa shape index (κ1) is 67.9. The fourth-order valence-corrected chi connectivity index (χ4v) is 13.3. The van der Waals surface area contributed by atoms with E-state index in [2.05, 4.69) is 65.2 Å². The van der Waals surface area contributed by atoms with E-state index in [0.717, 1.165) is 51.7 Å². The number of nitrogens with one attached hydrogen (secondary N) is 2. The summed E-state index contributed by atoms with van der Waals surface area (Å²) in [5.41, 5.74) is 2.62. The zero-order valence-corrected chi connectivity index (χ0v) is 53.3. The minimum atomic E-state index is -0.825. The van der Waals surface area contributed by atoms with Crippen molar-refractivity contribution in [3.8, 4) is 0 Å². The molecule has 4 amide bonds. The van der Waals surface area contributed by atoms with Crippen molar-refractivity contribution in [2.24, 2.45) is 20.8 Å². The molecule has 468 valence electrons. The van der Waals surface area contributed by atoms with Gasteiger partial charge in [0, 0.05) is 133 Å². The van der Waals surface area contributed by atoms with Gasteiger partial charge in [0.05, 0.1) is 37.4 Å². The normalized spacial score (nSPS) is 20.6. The Hall–Kier alpha value is -5.60. The molecule has 2 aromatic carbocycles. The van der Waals surface area contributed by atoms with E-state index < -0.39 is 35.7 Å². The van der Waals surface area contributed by atoms with Crippen LogP contribution in [0, 0.1) is 22.5 Å². The second kappa shape index (κ2) is 30.5. The molecule has 4 fully saturated rings. The summed E-state index contributed by atoms with van der Waals surface area (Å²) < 4.78 is 37.4. The van der Waals surface area contributed by atoms with E-state index in [1.165, 1.54) is 86.1 Å². The van der Waals surface area contributed by atoms with Crippen LogP contribution in [0.2, 0.25) is 10.0 Å². The number of aliphatic hydroxyl groups is 2. The van der Waals surface area contributed by atoms with Gasteiger partial charge in [-0.3, -0.25) is 14.9 Å². The van der Waals surface area contributed by atoms with Gasteiger partial charge in [-0.2, -0.15) is 0 Å². The van der Waals surface area contributed by atoms with Crippen molar-refractivity contribution in [1.82, 2.24) is 45.1 Å². The molecule has 6 aliphatic rings. The van der Waals surface area contributed by atoms with Gasteiger partial charge >= 0.3 is 24.0 Å². The molecule has 26 heteroatoms. The number of fused-ring (bicyclic) bond motifs is 2. The number of esters is 2. The molecule has 0 radical (unpaired) electrons. The predicted octanol–water partition coefficient (Wildman–Crippen LogP) is 10.2. The first-order chi connectivity index (χ1) is 40.7. The fraction of sp³-hybridized carbons (Fsp3) is 0.533. The quantitative estimate of drug-likeness (QED) is 0.0508. The topological polar surface area (TPSA) is 218 Å².